The number of nitrogens with zero attached hydrogens (tertiary/aromatic N) is 1. The molecule has 1 aliphatic carbocycles. The molecule has 0 aromatic heterocycles. The Kier molecular flexibility index (Phi) is 7.95. The van der Waals surface area contributed by atoms with Gasteiger partial charge in [-0.25, -0.2) is 0 Å². The van der Waals surface area contributed by atoms with E-state index in [9.17, 15) is 4.79 Å². The summed E-state index contributed by atoms with van der Waals surface area (Å²) in [5, 5.41) is 6.39. The number of rotatable bonds is 5. The second kappa shape index (κ2) is 8.93. The van der Waals surface area contributed by atoms with Gasteiger partial charge >= 0.3 is 0 Å². The van der Waals surface area contributed by atoms with Crippen LogP contribution in [0.3, 0.4) is 0 Å². The molecule has 0 bridgehead atoms. The molecule has 1 saturated carbocycles. The maximum Gasteiger partial charge on any atom is 0.222 e. The number of carbonyl (C=O) groups is 1. The zero-order chi connectivity index (χ0) is 14.4. The molecule has 0 aromatic rings. The van der Waals surface area contributed by atoms with Gasteiger partial charge in [-0.05, 0) is 26.9 Å². The van der Waals surface area contributed by atoms with Crippen molar-refractivity contribution in [2.24, 2.45) is 0 Å². The third kappa shape index (κ3) is 5.40. The Morgan fingerprint density at radius 2 is 2.05 bits per heavy atom. The van der Waals surface area contributed by atoms with Crippen molar-refractivity contribution in [2.75, 3.05) is 40.3 Å². The molecule has 1 amide bonds. The van der Waals surface area contributed by atoms with Gasteiger partial charge < -0.3 is 20.3 Å². The van der Waals surface area contributed by atoms with Crippen molar-refractivity contribution >= 4 is 18.3 Å². The van der Waals surface area contributed by atoms with Crippen molar-refractivity contribution in [1.29, 1.82) is 0 Å². The molecular weight excluding hydrogens is 290 g/mol. The molecule has 0 radical (unpaired) electrons. The van der Waals surface area contributed by atoms with Gasteiger partial charge in [0.1, 0.15) is 0 Å². The maximum atomic E-state index is 12.1. The monoisotopic (exact) mass is 319 g/mol. The molecular formula is C15H30ClN3O2. The number of morpholine rings is 1. The Labute approximate surface area is 134 Å². The van der Waals surface area contributed by atoms with E-state index in [-0.39, 0.29) is 30.0 Å². The third-order valence-electron chi connectivity index (χ3n) is 4.77. The number of hydrogen-bond acceptors (Lipinski definition) is 4. The smallest absolute Gasteiger partial charge is 0.222 e. The second-order valence-corrected chi connectivity index (χ2v) is 6.36. The van der Waals surface area contributed by atoms with Crippen LogP contribution >= 0.6 is 12.4 Å². The summed E-state index contributed by atoms with van der Waals surface area (Å²) in [5.41, 5.74) is 0.152. The van der Waals surface area contributed by atoms with Gasteiger partial charge in [-0.2, -0.15) is 0 Å². The summed E-state index contributed by atoms with van der Waals surface area (Å²) in [5.74, 6) is 0.116. The van der Waals surface area contributed by atoms with Crippen LogP contribution < -0.4 is 10.6 Å². The molecule has 0 spiro atoms. The number of ether oxygens (including phenoxy) is 1. The van der Waals surface area contributed by atoms with Gasteiger partial charge in [0, 0.05) is 25.2 Å². The Hall–Kier alpha value is -0.360. The molecule has 1 unspecified atom stereocenters. The normalized spacial score (nSPS) is 25.2. The Balaban J connectivity index is 0.00000220. The van der Waals surface area contributed by atoms with Crippen molar-refractivity contribution in [3.8, 4) is 0 Å². The average Bonchev–Trinajstić information content (AvgIpc) is 2.47. The molecule has 0 aromatic carbocycles. The zero-order valence-electron chi connectivity index (χ0n) is 13.3. The van der Waals surface area contributed by atoms with E-state index in [2.05, 4.69) is 29.6 Å². The molecule has 5 nitrogen and oxygen atoms in total. The van der Waals surface area contributed by atoms with E-state index in [0.717, 1.165) is 19.6 Å². The zero-order valence-corrected chi connectivity index (χ0v) is 14.1. The molecule has 2 aliphatic rings. The molecule has 1 heterocycles. The van der Waals surface area contributed by atoms with Gasteiger partial charge in [-0.1, -0.05) is 19.3 Å². The fourth-order valence-corrected chi connectivity index (χ4v) is 3.28. The molecule has 1 atom stereocenters. The highest BCUT2D eigenvalue weighted by molar-refractivity contribution is 5.85. The van der Waals surface area contributed by atoms with Gasteiger partial charge in [-0.3, -0.25) is 4.79 Å². The van der Waals surface area contributed by atoms with E-state index in [1.54, 1.807) is 0 Å². The second-order valence-electron chi connectivity index (χ2n) is 6.36. The SMILES string of the molecule is CN(C)C1(CNC(=O)CC2CNCCO2)CCCCC1.Cl. The van der Waals surface area contributed by atoms with Crippen LogP contribution in [0, 0.1) is 0 Å². The Morgan fingerprint density at radius 1 is 1.33 bits per heavy atom. The third-order valence-corrected chi connectivity index (χ3v) is 4.77. The van der Waals surface area contributed by atoms with E-state index < -0.39 is 0 Å². The van der Waals surface area contributed by atoms with Crippen molar-refractivity contribution < 1.29 is 9.53 Å². The minimum absolute atomic E-state index is 0. The predicted molar refractivity (Wildman–Crippen MR) is 87.0 cm³/mol. The Bertz CT molecular complexity index is 314. The summed E-state index contributed by atoms with van der Waals surface area (Å²) in [4.78, 5) is 14.4. The largest absolute Gasteiger partial charge is 0.375 e. The van der Waals surface area contributed by atoms with Crippen molar-refractivity contribution in [3.63, 3.8) is 0 Å². The fourth-order valence-electron chi connectivity index (χ4n) is 3.28. The molecule has 1 aliphatic heterocycles. The first-order valence-electron chi connectivity index (χ1n) is 7.89. The number of hydrogen-bond donors (Lipinski definition) is 2. The van der Waals surface area contributed by atoms with Crippen LogP contribution in [0.1, 0.15) is 38.5 Å². The standard InChI is InChI=1S/C15H29N3O2.ClH/c1-18(2)15(6-4-3-5-7-15)12-17-14(19)10-13-11-16-8-9-20-13;/h13,16H,3-12H2,1-2H3,(H,17,19);1H. The van der Waals surface area contributed by atoms with Gasteiger partial charge in [0.05, 0.1) is 19.1 Å². The molecule has 2 fully saturated rings. The number of nitrogens with one attached hydrogen (secondary N) is 2. The van der Waals surface area contributed by atoms with Crippen LogP contribution in [0.2, 0.25) is 0 Å². The van der Waals surface area contributed by atoms with E-state index in [4.69, 9.17) is 4.74 Å². The van der Waals surface area contributed by atoms with Gasteiger partial charge in [-0.15, -0.1) is 12.4 Å². The number of halogens is 1. The first-order chi connectivity index (χ1) is 9.62. The van der Waals surface area contributed by atoms with E-state index in [0.29, 0.717) is 13.0 Å². The minimum atomic E-state index is 0. The first-order valence-corrected chi connectivity index (χ1v) is 7.89. The topological polar surface area (TPSA) is 53.6 Å². The van der Waals surface area contributed by atoms with Crippen LogP contribution in [0.25, 0.3) is 0 Å². The summed E-state index contributed by atoms with van der Waals surface area (Å²) < 4.78 is 5.58. The summed E-state index contributed by atoms with van der Waals surface area (Å²) in [6, 6.07) is 0. The van der Waals surface area contributed by atoms with Gasteiger partial charge in [0.15, 0.2) is 0 Å². The van der Waals surface area contributed by atoms with Crippen LogP contribution in [0.5, 0.6) is 0 Å². The van der Waals surface area contributed by atoms with Crippen LogP contribution in [-0.2, 0) is 9.53 Å². The van der Waals surface area contributed by atoms with Crippen LogP contribution in [-0.4, -0.2) is 62.8 Å². The lowest BCUT2D eigenvalue weighted by atomic mass is 9.80. The van der Waals surface area contributed by atoms with E-state index >= 15 is 0 Å². The molecule has 124 valence electrons. The summed E-state index contributed by atoms with van der Waals surface area (Å²) in [6.07, 6.45) is 6.73. The molecule has 6 heteroatoms. The predicted octanol–water partition coefficient (Wildman–Crippen LogP) is 1.17. The number of likely N-dealkylation sites (N-methyl/N-ethyl adjacent to an activating group) is 1. The highest BCUT2D eigenvalue weighted by atomic mass is 35.5. The summed E-state index contributed by atoms with van der Waals surface area (Å²) in [6.45, 7) is 3.15. The lowest BCUT2D eigenvalue weighted by molar-refractivity contribution is -0.125. The van der Waals surface area contributed by atoms with Crippen molar-refractivity contribution in [1.82, 2.24) is 15.5 Å². The highest BCUT2D eigenvalue weighted by Gasteiger charge is 2.34. The molecule has 2 N–H and O–H groups in total. The number of carbonyl (C=O) groups excluding carboxylic acids is 1. The van der Waals surface area contributed by atoms with Crippen LogP contribution in [0.4, 0.5) is 0 Å². The van der Waals surface area contributed by atoms with E-state index in [1.807, 2.05) is 0 Å². The quantitative estimate of drug-likeness (QED) is 0.798. The molecule has 2 rings (SSSR count). The summed E-state index contributed by atoms with van der Waals surface area (Å²) in [7, 11) is 4.26. The van der Waals surface area contributed by atoms with Gasteiger partial charge in [0.2, 0.25) is 5.91 Å². The molecule has 21 heavy (non-hydrogen) atoms. The lowest BCUT2D eigenvalue weighted by Gasteiger charge is -2.43. The average molecular weight is 320 g/mol. The Morgan fingerprint density at radius 3 is 2.62 bits per heavy atom. The number of amides is 1. The minimum Gasteiger partial charge on any atom is -0.375 e. The lowest BCUT2D eigenvalue weighted by Crippen LogP contribution is -2.54. The summed E-state index contributed by atoms with van der Waals surface area (Å²) >= 11 is 0. The first kappa shape index (κ1) is 18.7. The van der Waals surface area contributed by atoms with Crippen molar-refractivity contribution in [2.45, 2.75) is 50.2 Å². The molecule has 1 saturated heterocycles. The van der Waals surface area contributed by atoms with Crippen molar-refractivity contribution in [3.05, 3.63) is 0 Å². The maximum absolute atomic E-state index is 12.1. The fraction of sp³-hybridized carbons (Fsp3) is 0.933. The van der Waals surface area contributed by atoms with E-state index in [1.165, 1.54) is 32.1 Å². The van der Waals surface area contributed by atoms with Crippen LogP contribution in [0.15, 0.2) is 0 Å². The van der Waals surface area contributed by atoms with Gasteiger partial charge in [0.25, 0.3) is 0 Å². The highest BCUT2D eigenvalue weighted by Crippen LogP contribution is 2.31.